The van der Waals surface area contributed by atoms with E-state index in [4.69, 9.17) is 4.74 Å². The van der Waals surface area contributed by atoms with Gasteiger partial charge in [0, 0.05) is 39.2 Å². The summed E-state index contributed by atoms with van der Waals surface area (Å²) in [6.45, 7) is 1.98. The number of esters is 1. The average molecular weight is 562 g/mol. The number of rotatable bonds is 9. The maximum atomic E-state index is 12.8. The molecule has 0 atom stereocenters. The third kappa shape index (κ3) is 6.89. The summed E-state index contributed by atoms with van der Waals surface area (Å²) in [5, 5.41) is 18.7. The highest BCUT2D eigenvalue weighted by Gasteiger charge is 2.22. The van der Waals surface area contributed by atoms with Gasteiger partial charge in [-0.15, -0.1) is 23.1 Å². The number of methoxy groups -OCH3 is 1. The standard InChI is InChI=1S/C28H23N3O6S2/c1-17-9-11-18(12-10-17)23-15-39-27(25(23)28(34)37-2)30-24(32)16-38-22-8-4-6-20(14-22)29-26(33)19-5-3-7-21(13-19)31(35)36/h3-15H,16H2,1-2H3,(H,29,33)(H,30,32). The molecule has 3 aromatic carbocycles. The monoisotopic (exact) mass is 561 g/mol. The molecule has 0 saturated heterocycles. The van der Waals surface area contributed by atoms with E-state index in [1.165, 1.54) is 54.5 Å². The van der Waals surface area contributed by atoms with Crippen molar-refractivity contribution in [3.8, 4) is 11.1 Å². The zero-order valence-electron chi connectivity index (χ0n) is 20.9. The van der Waals surface area contributed by atoms with E-state index in [1.807, 2.05) is 36.6 Å². The number of amides is 2. The Morgan fingerprint density at radius 3 is 2.46 bits per heavy atom. The van der Waals surface area contributed by atoms with Crippen molar-refractivity contribution >= 4 is 57.3 Å². The average Bonchev–Trinajstić information content (AvgIpc) is 3.35. The van der Waals surface area contributed by atoms with Gasteiger partial charge in [-0.25, -0.2) is 4.79 Å². The highest BCUT2D eigenvalue weighted by Crippen LogP contribution is 2.36. The van der Waals surface area contributed by atoms with Gasteiger partial charge < -0.3 is 15.4 Å². The summed E-state index contributed by atoms with van der Waals surface area (Å²) in [7, 11) is 1.30. The summed E-state index contributed by atoms with van der Waals surface area (Å²) in [4.78, 5) is 49.0. The minimum Gasteiger partial charge on any atom is -0.465 e. The third-order valence-corrected chi connectivity index (χ3v) is 7.47. The van der Waals surface area contributed by atoms with Crippen LogP contribution < -0.4 is 10.6 Å². The highest BCUT2D eigenvalue weighted by atomic mass is 32.2. The number of thioether (sulfide) groups is 1. The number of thiophene rings is 1. The molecule has 0 aliphatic rings. The van der Waals surface area contributed by atoms with Crippen molar-refractivity contribution < 1.29 is 24.0 Å². The first-order valence-corrected chi connectivity index (χ1v) is 13.5. The number of carbonyl (C=O) groups excluding carboxylic acids is 3. The van der Waals surface area contributed by atoms with Crippen LogP contribution in [-0.2, 0) is 9.53 Å². The number of ether oxygens (including phenoxy) is 1. The molecular weight excluding hydrogens is 538 g/mol. The topological polar surface area (TPSA) is 128 Å². The lowest BCUT2D eigenvalue weighted by Gasteiger charge is -2.09. The van der Waals surface area contributed by atoms with E-state index in [2.05, 4.69) is 10.6 Å². The van der Waals surface area contributed by atoms with Crippen LogP contribution in [0.15, 0.2) is 83.1 Å². The normalized spacial score (nSPS) is 10.5. The van der Waals surface area contributed by atoms with Crippen molar-refractivity contribution in [3.63, 3.8) is 0 Å². The molecule has 11 heteroatoms. The molecule has 39 heavy (non-hydrogen) atoms. The van der Waals surface area contributed by atoms with Crippen LogP contribution in [0.1, 0.15) is 26.3 Å². The maximum Gasteiger partial charge on any atom is 0.341 e. The molecule has 0 aliphatic carbocycles. The van der Waals surface area contributed by atoms with Gasteiger partial charge in [-0.1, -0.05) is 42.0 Å². The van der Waals surface area contributed by atoms with Crippen molar-refractivity contribution in [1.82, 2.24) is 0 Å². The lowest BCUT2D eigenvalue weighted by atomic mass is 10.0. The van der Waals surface area contributed by atoms with Gasteiger partial charge >= 0.3 is 5.97 Å². The van der Waals surface area contributed by atoms with E-state index in [0.29, 0.717) is 21.8 Å². The van der Waals surface area contributed by atoms with Crippen LogP contribution in [0.2, 0.25) is 0 Å². The number of benzene rings is 3. The predicted octanol–water partition coefficient (Wildman–Crippen LogP) is 6.40. The maximum absolute atomic E-state index is 12.8. The first-order chi connectivity index (χ1) is 18.7. The van der Waals surface area contributed by atoms with Crippen molar-refractivity contribution in [2.45, 2.75) is 11.8 Å². The molecule has 4 rings (SSSR count). The molecule has 2 N–H and O–H groups in total. The largest absolute Gasteiger partial charge is 0.465 e. The first kappa shape index (κ1) is 27.6. The molecule has 0 unspecified atom stereocenters. The van der Waals surface area contributed by atoms with Gasteiger partial charge in [0.2, 0.25) is 5.91 Å². The van der Waals surface area contributed by atoms with Crippen LogP contribution in [0.3, 0.4) is 0 Å². The fraction of sp³-hybridized carbons (Fsp3) is 0.107. The minimum absolute atomic E-state index is 0.0562. The molecular formula is C28H23N3O6S2. The van der Waals surface area contributed by atoms with E-state index < -0.39 is 16.8 Å². The summed E-state index contributed by atoms with van der Waals surface area (Å²) < 4.78 is 4.97. The van der Waals surface area contributed by atoms with Crippen molar-refractivity contribution in [2.24, 2.45) is 0 Å². The second-order valence-corrected chi connectivity index (χ2v) is 10.3. The molecule has 0 saturated carbocycles. The summed E-state index contributed by atoms with van der Waals surface area (Å²) in [6, 6.07) is 20.1. The molecule has 0 spiro atoms. The Balaban J connectivity index is 1.41. The summed E-state index contributed by atoms with van der Waals surface area (Å²) in [6.07, 6.45) is 0. The SMILES string of the molecule is COC(=O)c1c(-c2ccc(C)cc2)csc1NC(=O)CSc1cccc(NC(=O)c2cccc([N+](=O)[O-])c2)c1. The van der Waals surface area contributed by atoms with Gasteiger partial charge in [0.15, 0.2) is 0 Å². The number of nitrogens with zero attached hydrogens (tertiary/aromatic N) is 1. The van der Waals surface area contributed by atoms with Crippen molar-refractivity contribution in [1.29, 1.82) is 0 Å². The molecule has 1 heterocycles. The van der Waals surface area contributed by atoms with E-state index in [0.717, 1.165) is 16.0 Å². The predicted molar refractivity (Wildman–Crippen MR) is 153 cm³/mol. The van der Waals surface area contributed by atoms with Crippen LogP contribution in [0.25, 0.3) is 11.1 Å². The Hall–Kier alpha value is -4.48. The van der Waals surface area contributed by atoms with Gasteiger partial charge in [-0.3, -0.25) is 19.7 Å². The van der Waals surface area contributed by atoms with Crippen LogP contribution in [0.4, 0.5) is 16.4 Å². The Bertz CT molecular complexity index is 1550. The van der Waals surface area contributed by atoms with Crippen LogP contribution in [0.5, 0.6) is 0 Å². The van der Waals surface area contributed by atoms with E-state index in [9.17, 15) is 24.5 Å². The number of anilines is 2. The zero-order chi connectivity index (χ0) is 27.9. The molecule has 0 radical (unpaired) electrons. The molecule has 0 fully saturated rings. The number of nitrogens with one attached hydrogen (secondary N) is 2. The number of hydrogen-bond acceptors (Lipinski definition) is 8. The second kappa shape index (κ2) is 12.4. The molecule has 0 bridgehead atoms. The number of hydrogen-bond donors (Lipinski definition) is 2. The highest BCUT2D eigenvalue weighted by molar-refractivity contribution is 8.00. The smallest absolute Gasteiger partial charge is 0.341 e. The Kier molecular flexibility index (Phi) is 8.74. The Labute approximate surface area is 232 Å². The van der Waals surface area contributed by atoms with Crippen LogP contribution in [-0.4, -0.2) is 35.6 Å². The summed E-state index contributed by atoms with van der Waals surface area (Å²) >= 11 is 2.50. The Morgan fingerprint density at radius 2 is 1.74 bits per heavy atom. The summed E-state index contributed by atoms with van der Waals surface area (Å²) in [5.74, 6) is -1.29. The minimum atomic E-state index is -0.563. The molecule has 4 aromatic rings. The lowest BCUT2D eigenvalue weighted by molar-refractivity contribution is -0.384. The molecule has 9 nitrogen and oxygen atoms in total. The lowest BCUT2D eigenvalue weighted by Crippen LogP contribution is -2.16. The second-order valence-electron chi connectivity index (χ2n) is 8.34. The van der Waals surface area contributed by atoms with Gasteiger partial charge in [-0.2, -0.15) is 0 Å². The number of nitro groups is 1. The van der Waals surface area contributed by atoms with Crippen LogP contribution in [0, 0.1) is 17.0 Å². The fourth-order valence-electron chi connectivity index (χ4n) is 3.64. The van der Waals surface area contributed by atoms with E-state index >= 15 is 0 Å². The van der Waals surface area contributed by atoms with Crippen molar-refractivity contribution in [2.75, 3.05) is 23.5 Å². The third-order valence-electron chi connectivity index (χ3n) is 5.58. The molecule has 2 amide bonds. The molecule has 0 aliphatic heterocycles. The number of non-ortho nitro benzene ring substituents is 1. The van der Waals surface area contributed by atoms with Gasteiger partial charge in [0.25, 0.3) is 11.6 Å². The molecule has 1 aromatic heterocycles. The number of nitro benzene ring substituents is 1. The molecule has 198 valence electrons. The van der Waals surface area contributed by atoms with Gasteiger partial charge in [0.05, 0.1) is 17.8 Å². The zero-order valence-corrected chi connectivity index (χ0v) is 22.6. The van der Waals surface area contributed by atoms with Crippen LogP contribution >= 0.6 is 23.1 Å². The first-order valence-electron chi connectivity index (χ1n) is 11.6. The summed E-state index contributed by atoms with van der Waals surface area (Å²) in [5.41, 5.74) is 3.38. The van der Waals surface area contributed by atoms with Gasteiger partial charge in [-0.05, 0) is 36.8 Å². The number of carbonyl (C=O) groups is 3. The number of aryl methyl sites for hydroxylation is 1. The quantitative estimate of drug-likeness (QED) is 0.105. The Morgan fingerprint density at radius 1 is 1.00 bits per heavy atom. The van der Waals surface area contributed by atoms with Crippen molar-refractivity contribution in [3.05, 3.63) is 105 Å². The van der Waals surface area contributed by atoms with E-state index in [1.54, 1.807) is 24.3 Å². The fourth-order valence-corrected chi connectivity index (χ4v) is 5.37. The van der Waals surface area contributed by atoms with E-state index in [-0.39, 0.29) is 22.9 Å². The van der Waals surface area contributed by atoms with Gasteiger partial charge in [0.1, 0.15) is 10.6 Å².